The predicted molar refractivity (Wildman–Crippen MR) is 58.5 cm³/mol. The maximum atomic E-state index is 13.4. The second-order valence-electron chi connectivity index (χ2n) is 4.62. The van der Waals surface area contributed by atoms with Gasteiger partial charge in [0.05, 0.1) is 11.1 Å². The van der Waals surface area contributed by atoms with Crippen LogP contribution in [0.3, 0.4) is 0 Å². The van der Waals surface area contributed by atoms with Crippen LogP contribution in [0.5, 0.6) is 0 Å². The number of hydrogen-bond donors (Lipinski definition) is 1. The number of halogens is 2. The third-order valence-corrected chi connectivity index (χ3v) is 1.91. The molecule has 1 aromatic carbocycles. The van der Waals surface area contributed by atoms with Gasteiger partial charge in [-0.1, -0.05) is 0 Å². The van der Waals surface area contributed by atoms with E-state index in [1.165, 1.54) is 0 Å². The summed E-state index contributed by atoms with van der Waals surface area (Å²) in [6, 6.07) is 0.976. The van der Waals surface area contributed by atoms with Gasteiger partial charge in [-0.2, -0.15) is 0 Å². The molecule has 0 unspecified atom stereocenters. The van der Waals surface area contributed by atoms with Crippen LogP contribution in [-0.2, 0) is 4.74 Å². The van der Waals surface area contributed by atoms with E-state index < -0.39 is 40.3 Å². The lowest BCUT2D eigenvalue weighted by Gasteiger charge is -2.19. The fourth-order valence-corrected chi connectivity index (χ4v) is 1.20. The van der Waals surface area contributed by atoms with Gasteiger partial charge in [0, 0.05) is 6.07 Å². The normalized spacial score (nSPS) is 11.2. The molecular weight excluding hydrogens is 246 g/mol. The zero-order chi connectivity index (χ0) is 14.1. The van der Waals surface area contributed by atoms with Crippen LogP contribution >= 0.6 is 0 Å². The third-order valence-electron chi connectivity index (χ3n) is 1.91. The average Bonchev–Trinajstić information content (AvgIpc) is 2.13. The molecule has 0 amide bonds. The Kier molecular flexibility index (Phi) is 3.69. The van der Waals surface area contributed by atoms with Gasteiger partial charge in [0.15, 0.2) is 0 Å². The van der Waals surface area contributed by atoms with Gasteiger partial charge in [-0.05, 0) is 26.8 Å². The Morgan fingerprint density at radius 1 is 1.11 bits per heavy atom. The number of benzene rings is 1. The first-order valence-electron chi connectivity index (χ1n) is 5.07. The zero-order valence-electron chi connectivity index (χ0n) is 10.1. The van der Waals surface area contributed by atoms with Crippen LogP contribution in [0.2, 0.25) is 0 Å². The van der Waals surface area contributed by atoms with Crippen LogP contribution in [0.25, 0.3) is 0 Å². The highest BCUT2D eigenvalue weighted by atomic mass is 19.1. The Labute approximate surface area is 102 Å². The highest BCUT2D eigenvalue weighted by Gasteiger charge is 2.24. The van der Waals surface area contributed by atoms with Gasteiger partial charge in [0.1, 0.15) is 17.2 Å². The fourth-order valence-electron chi connectivity index (χ4n) is 1.20. The molecule has 0 bridgehead atoms. The van der Waals surface area contributed by atoms with Crippen molar-refractivity contribution in [3.05, 3.63) is 34.9 Å². The number of hydrogen-bond acceptors (Lipinski definition) is 3. The number of rotatable bonds is 2. The molecule has 1 N–H and O–H groups in total. The first kappa shape index (κ1) is 14.1. The van der Waals surface area contributed by atoms with Crippen molar-refractivity contribution in [2.24, 2.45) is 0 Å². The van der Waals surface area contributed by atoms with Crippen LogP contribution in [0.1, 0.15) is 41.5 Å². The van der Waals surface area contributed by atoms with Crippen molar-refractivity contribution >= 4 is 11.9 Å². The molecule has 18 heavy (non-hydrogen) atoms. The average molecular weight is 258 g/mol. The summed E-state index contributed by atoms with van der Waals surface area (Å²) < 4.78 is 31.4. The van der Waals surface area contributed by atoms with Crippen molar-refractivity contribution in [3.63, 3.8) is 0 Å². The first-order valence-corrected chi connectivity index (χ1v) is 5.07. The van der Waals surface area contributed by atoms with Gasteiger partial charge in [-0.3, -0.25) is 0 Å². The van der Waals surface area contributed by atoms with Crippen LogP contribution in [0, 0.1) is 11.6 Å². The molecule has 0 aliphatic heterocycles. The molecule has 98 valence electrons. The van der Waals surface area contributed by atoms with Crippen molar-refractivity contribution in [2.45, 2.75) is 26.4 Å². The molecule has 0 aliphatic carbocycles. The topological polar surface area (TPSA) is 63.6 Å². The van der Waals surface area contributed by atoms with E-state index in [1.807, 2.05) is 0 Å². The van der Waals surface area contributed by atoms with Crippen LogP contribution < -0.4 is 0 Å². The summed E-state index contributed by atoms with van der Waals surface area (Å²) in [6.07, 6.45) is 0. The molecule has 0 fully saturated rings. The summed E-state index contributed by atoms with van der Waals surface area (Å²) in [4.78, 5) is 22.3. The molecule has 0 aromatic heterocycles. The molecule has 0 saturated carbocycles. The standard InChI is InChI=1S/C12H12F2O4/c1-12(2,3)18-11(17)7-4-6(10(15)16)8(13)5-9(7)14/h4-5H,1-3H3,(H,15,16). The van der Waals surface area contributed by atoms with Crippen molar-refractivity contribution in [1.82, 2.24) is 0 Å². The Morgan fingerprint density at radius 2 is 1.61 bits per heavy atom. The molecule has 6 heteroatoms. The quantitative estimate of drug-likeness (QED) is 0.828. The van der Waals surface area contributed by atoms with Crippen molar-refractivity contribution < 1.29 is 28.2 Å². The number of carboxylic acids is 1. The van der Waals surface area contributed by atoms with Crippen molar-refractivity contribution in [2.75, 3.05) is 0 Å². The number of carbonyl (C=O) groups is 2. The number of carboxylic acid groups (broad SMARTS) is 1. The summed E-state index contributed by atoms with van der Waals surface area (Å²) in [5.74, 6) is -5.03. The SMILES string of the molecule is CC(C)(C)OC(=O)c1cc(C(=O)O)c(F)cc1F. The highest BCUT2D eigenvalue weighted by Crippen LogP contribution is 2.18. The Bertz CT molecular complexity index is 504. The fraction of sp³-hybridized carbons (Fsp3) is 0.333. The van der Waals surface area contributed by atoms with E-state index in [2.05, 4.69) is 0 Å². The molecule has 0 spiro atoms. The van der Waals surface area contributed by atoms with E-state index in [1.54, 1.807) is 20.8 Å². The lowest BCUT2D eigenvalue weighted by Crippen LogP contribution is -2.24. The smallest absolute Gasteiger partial charge is 0.341 e. The van der Waals surface area contributed by atoms with E-state index in [4.69, 9.17) is 9.84 Å². The number of aromatic carboxylic acids is 1. The molecule has 4 nitrogen and oxygen atoms in total. The van der Waals surface area contributed by atoms with Gasteiger partial charge < -0.3 is 9.84 Å². The molecule has 0 atom stereocenters. The summed E-state index contributed by atoms with van der Waals surface area (Å²) in [7, 11) is 0. The van der Waals surface area contributed by atoms with Crippen LogP contribution in [0.4, 0.5) is 8.78 Å². The number of ether oxygens (including phenoxy) is 1. The molecule has 1 aromatic rings. The van der Waals surface area contributed by atoms with E-state index in [0.29, 0.717) is 12.1 Å². The minimum atomic E-state index is -1.59. The summed E-state index contributed by atoms with van der Waals surface area (Å²) in [5, 5.41) is 8.68. The Hall–Kier alpha value is -1.98. The maximum absolute atomic E-state index is 13.4. The van der Waals surface area contributed by atoms with Gasteiger partial charge in [-0.15, -0.1) is 0 Å². The van der Waals surface area contributed by atoms with Gasteiger partial charge in [-0.25, -0.2) is 18.4 Å². The second-order valence-corrected chi connectivity index (χ2v) is 4.62. The predicted octanol–water partition coefficient (Wildman–Crippen LogP) is 2.62. The second kappa shape index (κ2) is 4.72. The molecular formula is C12H12F2O4. The van der Waals surface area contributed by atoms with Gasteiger partial charge in [0.25, 0.3) is 0 Å². The van der Waals surface area contributed by atoms with Crippen molar-refractivity contribution in [1.29, 1.82) is 0 Å². The Morgan fingerprint density at radius 3 is 2.06 bits per heavy atom. The zero-order valence-corrected chi connectivity index (χ0v) is 10.1. The maximum Gasteiger partial charge on any atom is 0.341 e. The lowest BCUT2D eigenvalue weighted by atomic mass is 10.1. The third kappa shape index (κ3) is 3.26. The lowest BCUT2D eigenvalue weighted by molar-refractivity contribution is 0.00646. The van der Waals surface area contributed by atoms with Gasteiger partial charge >= 0.3 is 11.9 Å². The highest BCUT2D eigenvalue weighted by molar-refractivity contribution is 5.95. The first-order chi connectivity index (χ1) is 8.11. The van der Waals surface area contributed by atoms with Crippen molar-refractivity contribution in [3.8, 4) is 0 Å². The van der Waals surface area contributed by atoms with E-state index >= 15 is 0 Å². The largest absolute Gasteiger partial charge is 0.478 e. The van der Waals surface area contributed by atoms with Gasteiger partial charge in [0.2, 0.25) is 0 Å². The molecule has 0 radical (unpaired) electrons. The molecule has 1 rings (SSSR count). The summed E-state index contributed by atoms with van der Waals surface area (Å²) in [6.45, 7) is 4.72. The van der Waals surface area contributed by atoms with E-state index in [0.717, 1.165) is 0 Å². The van der Waals surface area contributed by atoms with E-state index in [-0.39, 0.29) is 0 Å². The summed E-state index contributed by atoms with van der Waals surface area (Å²) >= 11 is 0. The minimum absolute atomic E-state index is 0.350. The van der Waals surface area contributed by atoms with E-state index in [9.17, 15) is 18.4 Å². The number of esters is 1. The Balaban J connectivity index is 3.21. The van der Waals surface area contributed by atoms with Crippen LogP contribution in [0.15, 0.2) is 12.1 Å². The monoisotopic (exact) mass is 258 g/mol. The van der Waals surface area contributed by atoms with Crippen LogP contribution in [-0.4, -0.2) is 22.6 Å². The summed E-state index contributed by atoms with van der Waals surface area (Å²) in [5.41, 5.74) is -2.25. The number of carbonyl (C=O) groups excluding carboxylic acids is 1. The molecule has 0 saturated heterocycles. The minimum Gasteiger partial charge on any atom is -0.478 e. The molecule has 0 aliphatic rings. The molecule has 0 heterocycles.